The van der Waals surface area contributed by atoms with Crippen LogP contribution in [0.2, 0.25) is 0 Å². The van der Waals surface area contributed by atoms with Crippen LogP contribution in [0.1, 0.15) is 61.8 Å². The first-order valence-corrected chi connectivity index (χ1v) is 30.2. The van der Waals surface area contributed by atoms with Crippen LogP contribution in [0, 0.1) is 18.2 Å². The Bertz CT molecular complexity index is 5190. The maximum atomic E-state index is 6.47. The molecule has 16 rings (SSSR count). The first-order valence-electron chi connectivity index (χ1n) is 30.2. The van der Waals surface area contributed by atoms with Crippen molar-refractivity contribution < 1.29 is 24.5 Å². The molecule has 0 radical (unpaired) electrons. The van der Waals surface area contributed by atoms with Crippen LogP contribution in [0.4, 0.5) is 0 Å². The number of pyridine rings is 2. The molecule has 0 unspecified atom stereocenters. The quantitative estimate of drug-likeness (QED) is 0.114. The second-order valence-electron chi connectivity index (χ2n) is 23.0. The van der Waals surface area contributed by atoms with Crippen molar-refractivity contribution in [2.45, 2.75) is 52.4 Å². The van der Waals surface area contributed by atoms with Gasteiger partial charge in [-0.25, -0.2) is 4.98 Å². The van der Waals surface area contributed by atoms with Gasteiger partial charge in [-0.1, -0.05) is 165 Å². The van der Waals surface area contributed by atoms with Crippen LogP contribution in [0.15, 0.2) is 259 Å². The standard InChI is InChI=1S/C43H29N5.C37H31N2O.Ir/c1-3-12-31(13-4-1)41-32(16-11-27-45-41)24-22-30-23-25-39-40(28-30)48-42-36(33-14-9-15-34(29-33)37-20-7-8-26-44-37)19-10-21-38(42)46-43(48)47(39)35-17-5-2-6-18-35;1-23(2)30-21-26(25-13-6-5-7-14-25)22-31(24(3)4)35(30)39-33-19-10-9-18-32(33)38-37(39)29-17-12-16-28-27-15-8-11-20-34(27)40-36(28)29;/h1-12,14,16-21,23,25-29H,22,24H2;5-16,18-24H,1-4H3;/q-2;-1;+3. The fourth-order valence-corrected chi connectivity index (χ4v) is 12.7. The van der Waals surface area contributed by atoms with Crippen molar-refractivity contribution in [3.05, 3.63) is 296 Å². The molecule has 9 heteroatoms. The summed E-state index contributed by atoms with van der Waals surface area (Å²) in [5.41, 5.74) is 24.8. The SMILES string of the molecule is CC(C)c1cc(-c2ccccc2)cc(C(C)C)c1-n1c(-c2[c-]ccc3c2oc2ccccc23)nc2ccccc21.[Ir+3].[c-]1ccc(-c2cccc3nc4n(-c5ccccc5)c5ccc(CCc6cccnc6-c6[c-]cccc6)cc5n4c23)cc1-c1ccccn1. The molecule has 10 aromatic carbocycles. The van der Waals surface area contributed by atoms with Gasteiger partial charge in [-0.2, -0.15) is 0 Å². The van der Waals surface area contributed by atoms with Gasteiger partial charge >= 0.3 is 20.1 Å². The molecule has 0 amide bonds. The molecule has 16 aromatic rings. The topological polar surface area (TPSA) is 79.0 Å². The molecule has 6 heterocycles. The summed E-state index contributed by atoms with van der Waals surface area (Å²) in [5.74, 6) is 2.34. The van der Waals surface area contributed by atoms with Crippen molar-refractivity contribution >= 4 is 60.8 Å². The number of benzene rings is 10. The summed E-state index contributed by atoms with van der Waals surface area (Å²) in [6.07, 6.45) is 5.43. The summed E-state index contributed by atoms with van der Waals surface area (Å²) in [7, 11) is 0. The number of furan rings is 1. The second-order valence-corrected chi connectivity index (χ2v) is 23.0. The van der Waals surface area contributed by atoms with E-state index in [0.29, 0.717) is 11.8 Å². The van der Waals surface area contributed by atoms with Crippen molar-refractivity contribution in [1.29, 1.82) is 0 Å². The molecule has 0 spiro atoms. The van der Waals surface area contributed by atoms with E-state index < -0.39 is 0 Å². The number of nitrogens with zero attached hydrogens (tertiary/aromatic N) is 7. The van der Waals surface area contributed by atoms with Crippen LogP contribution in [0.5, 0.6) is 0 Å². The zero-order valence-electron chi connectivity index (χ0n) is 49.7. The number of para-hydroxylation sites is 5. The molecule has 0 atom stereocenters. The van der Waals surface area contributed by atoms with Crippen molar-refractivity contribution in [3.63, 3.8) is 0 Å². The van der Waals surface area contributed by atoms with E-state index in [9.17, 15) is 0 Å². The summed E-state index contributed by atoms with van der Waals surface area (Å²) >= 11 is 0. The van der Waals surface area contributed by atoms with E-state index in [1.54, 1.807) is 0 Å². The minimum absolute atomic E-state index is 0. The van der Waals surface area contributed by atoms with Crippen molar-refractivity contribution in [3.8, 4) is 67.5 Å². The molecule has 0 saturated heterocycles. The fourth-order valence-electron chi connectivity index (χ4n) is 12.7. The molecule has 0 aliphatic rings. The molecule has 0 fully saturated rings. The minimum Gasteiger partial charge on any atom is -0.501 e. The van der Waals surface area contributed by atoms with Gasteiger partial charge in [0, 0.05) is 29.2 Å². The molecular weight excluding hydrogens is 1270 g/mol. The number of hydrogen-bond donors (Lipinski definition) is 0. The normalized spacial score (nSPS) is 11.6. The first-order chi connectivity index (χ1) is 43.3. The summed E-state index contributed by atoms with van der Waals surface area (Å²) in [6, 6.07) is 94.6. The Hall–Kier alpha value is -10.3. The van der Waals surface area contributed by atoms with E-state index in [2.05, 4.69) is 240 Å². The van der Waals surface area contributed by atoms with Crippen LogP contribution in [0.3, 0.4) is 0 Å². The fraction of sp³-hybridized carbons (Fsp3) is 0.100. The smallest absolute Gasteiger partial charge is 0.501 e. The van der Waals surface area contributed by atoms with E-state index in [4.69, 9.17) is 19.4 Å². The maximum Gasteiger partial charge on any atom is 3.00 e. The average Bonchev–Trinajstić information content (AvgIpc) is 1.62. The number of aromatic nitrogens is 7. The van der Waals surface area contributed by atoms with Crippen LogP contribution in [-0.4, -0.2) is 33.5 Å². The Labute approximate surface area is 530 Å². The Morgan fingerprint density at radius 2 is 1.21 bits per heavy atom. The summed E-state index contributed by atoms with van der Waals surface area (Å²) in [5, 5.41) is 2.18. The predicted molar refractivity (Wildman–Crippen MR) is 359 cm³/mol. The molecule has 8 nitrogen and oxygen atoms in total. The van der Waals surface area contributed by atoms with Gasteiger partial charge in [0.05, 0.1) is 44.5 Å². The van der Waals surface area contributed by atoms with Crippen LogP contribution in [0.25, 0.3) is 128 Å². The Morgan fingerprint density at radius 1 is 0.483 bits per heavy atom. The van der Waals surface area contributed by atoms with Crippen LogP contribution in [-0.2, 0) is 32.9 Å². The van der Waals surface area contributed by atoms with Crippen molar-refractivity contribution in [1.82, 2.24) is 33.5 Å². The van der Waals surface area contributed by atoms with E-state index in [1.807, 2.05) is 79.1 Å². The van der Waals surface area contributed by atoms with Gasteiger partial charge in [-0.05, 0) is 142 Å². The molecule has 0 N–H and O–H groups in total. The van der Waals surface area contributed by atoms with Crippen LogP contribution >= 0.6 is 0 Å². The number of hydrogen-bond acceptors (Lipinski definition) is 5. The molecule has 0 bridgehead atoms. The second kappa shape index (κ2) is 24.1. The molecular formula is C80H60IrN7O. The number of fused-ring (bicyclic) bond motifs is 9. The molecule has 0 aliphatic carbocycles. The molecule has 0 aliphatic heterocycles. The maximum absolute atomic E-state index is 6.47. The predicted octanol–water partition coefficient (Wildman–Crippen LogP) is 19.9. The minimum atomic E-state index is 0. The Balaban J connectivity index is 0.000000157. The van der Waals surface area contributed by atoms with Gasteiger partial charge in [0.2, 0.25) is 5.78 Å². The van der Waals surface area contributed by atoms with Gasteiger partial charge in [0.25, 0.3) is 0 Å². The Kier molecular flexibility index (Phi) is 15.3. The van der Waals surface area contributed by atoms with E-state index in [-0.39, 0.29) is 20.1 Å². The van der Waals surface area contributed by atoms with E-state index >= 15 is 0 Å². The molecule has 89 heavy (non-hydrogen) atoms. The Morgan fingerprint density at radius 3 is 2.01 bits per heavy atom. The van der Waals surface area contributed by atoms with Gasteiger partial charge in [-0.15, -0.1) is 83.9 Å². The third kappa shape index (κ3) is 10.4. The summed E-state index contributed by atoms with van der Waals surface area (Å²) < 4.78 is 13.4. The van der Waals surface area contributed by atoms with E-state index in [0.717, 1.165) is 124 Å². The zero-order chi connectivity index (χ0) is 59.2. The largest absolute Gasteiger partial charge is 3.00 e. The first kappa shape index (κ1) is 56.5. The third-order valence-electron chi connectivity index (χ3n) is 16.9. The van der Waals surface area contributed by atoms with Gasteiger partial charge in [0.1, 0.15) is 5.58 Å². The van der Waals surface area contributed by atoms with Crippen molar-refractivity contribution in [2.75, 3.05) is 0 Å². The number of imidazole rings is 3. The van der Waals surface area contributed by atoms with E-state index in [1.165, 1.54) is 39.1 Å². The number of rotatable bonds is 12. The molecule has 0 saturated carbocycles. The summed E-state index contributed by atoms with van der Waals surface area (Å²) in [6.45, 7) is 9.12. The van der Waals surface area contributed by atoms with Crippen LogP contribution < -0.4 is 0 Å². The number of aryl methyl sites for hydroxylation is 2. The zero-order valence-corrected chi connectivity index (χ0v) is 52.1. The monoisotopic (exact) mass is 1330 g/mol. The van der Waals surface area contributed by atoms with Gasteiger partial charge in [0.15, 0.2) is 0 Å². The van der Waals surface area contributed by atoms with Crippen molar-refractivity contribution in [2.24, 2.45) is 0 Å². The third-order valence-corrected chi connectivity index (χ3v) is 16.9. The summed E-state index contributed by atoms with van der Waals surface area (Å²) in [4.78, 5) is 19.8. The average molecular weight is 1330 g/mol. The van der Waals surface area contributed by atoms with Gasteiger partial charge in [-0.3, -0.25) is 14.0 Å². The van der Waals surface area contributed by atoms with Gasteiger partial charge < -0.3 is 19.0 Å². The molecule has 6 aromatic heterocycles. The molecule has 430 valence electrons.